The van der Waals surface area contributed by atoms with Gasteiger partial charge in [-0.3, -0.25) is 0 Å². The van der Waals surface area contributed by atoms with Crippen molar-refractivity contribution in [1.29, 1.82) is 0 Å². The first-order valence-corrected chi connectivity index (χ1v) is 4.33. The third kappa shape index (κ3) is 2.19. The number of rotatable bonds is 3. The van der Waals surface area contributed by atoms with E-state index in [0.717, 1.165) is 19.6 Å². The molecule has 0 atom stereocenters. The molecule has 0 aromatic carbocycles. The Balaban J connectivity index is 2.53. The van der Waals surface area contributed by atoms with E-state index in [1.807, 2.05) is 6.92 Å². The summed E-state index contributed by atoms with van der Waals surface area (Å²) in [6.45, 7) is 6.22. The molecule has 0 aliphatic carbocycles. The summed E-state index contributed by atoms with van der Waals surface area (Å²) >= 11 is 0. The third-order valence-corrected chi connectivity index (χ3v) is 2.56. The van der Waals surface area contributed by atoms with Crippen molar-refractivity contribution >= 4 is 5.97 Å². The fourth-order valence-electron chi connectivity index (χ4n) is 1.60. The monoisotopic (exact) mass is 174 g/mol. The molecule has 0 aromatic rings. The molecule has 0 bridgehead atoms. The van der Waals surface area contributed by atoms with Crippen LogP contribution in [0.25, 0.3) is 0 Å². The molecule has 1 rings (SSSR count). The van der Waals surface area contributed by atoms with Gasteiger partial charge in [0.25, 0.3) is 0 Å². The van der Waals surface area contributed by atoms with Crippen LogP contribution in [-0.4, -0.2) is 55.0 Å². The number of morpholine rings is 1. The molecule has 1 heterocycles. The second-order valence-corrected chi connectivity index (χ2v) is 3.27. The van der Waals surface area contributed by atoms with E-state index in [0.29, 0.717) is 17.7 Å². The van der Waals surface area contributed by atoms with Crippen LogP contribution in [0.5, 0.6) is 0 Å². The second-order valence-electron chi connectivity index (χ2n) is 3.27. The van der Waals surface area contributed by atoms with E-state index in [1.165, 1.54) is 0 Å². The molecule has 0 amide bonds. The average molecular weight is 174 g/mol. The zero-order chi connectivity index (χ0) is 9.03. The fraction of sp³-hybridized carbons (Fsp3) is 0.875. The van der Waals surface area contributed by atoms with Gasteiger partial charge < -0.3 is 14.3 Å². The highest BCUT2D eigenvalue weighted by Gasteiger charge is 2.30. The van der Waals surface area contributed by atoms with Gasteiger partial charge in [0, 0.05) is 0 Å². The quantitative estimate of drug-likeness (QED) is 0.610. The summed E-state index contributed by atoms with van der Waals surface area (Å²) in [4.78, 5) is 10.6. The van der Waals surface area contributed by atoms with Crippen LogP contribution in [-0.2, 0) is 9.53 Å². The minimum atomic E-state index is -0.709. The number of hydrogen-bond acceptors (Lipinski definition) is 2. The summed E-state index contributed by atoms with van der Waals surface area (Å²) in [7, 11) is 0. The Labute approximate surface area is 72.3 Å². The van der Waals surface area contributed by atoms with Gasteiger partial charge in [-0.2, -0.15) is 0 Å². The average Bonchev–Trinajstić information content (AvgIpc) is 2.05. The normalized spacial score (nSPS) is 22.1. The molecule has 0 radical (unpaired) electrons. The van der Waals surface area contributed by atoms with Gasteiger partial charge in [0.2, 0.25) is 0 Å². The molecule has 1 N–H and O–H groups in total. The number of nitrogens with zero attached hydrogens (tertiary/aromatic N) is 1. The molecule has 0 saturated carbocycles. The largest absolute Gasteiger partial charge is 0.477 e. The highest BCUT2D eigenvalue weighted by molar-refractivity contribution is 5.67. The molecule has 0 unspecified atom stereocenters. The lowest BCUT2D eigenvalue weighted by Crippen LogP contribution is -2.57. The Morgan fingerprint density at radius 2 is 2.08 bits per heavy atom. The first-order chi connectivity index (χ1) is 5.68. The summed E-state index contributed by atoms with van der Waals surface area (Å²) in [5.74, 6) is -0.709. The number of quaternary nitrogens is 1. The van der Waals surface area contributed by atoms with Crippen LogP contribution in [0.3, 0.4) is 0 Å². The van der Waals surface area contributed by atoms with Crippen LogP contribution < -0.4 is 0 Å². The van der Waals surface area contributed by atoms with Crippen molar-refractivity contribution in [2.45, 2.75) is 6.92 Å². The van der Waals surface area contributed by atoms with E-state index in [1.54, 1.807) is 0 Å². The van der Waals surface area contributed by atoms with E-state index in [2.05, 4.69) is 0 Å². The van der Waals surface area contributed by atoms with Crippen molar-refractivity contribution in [2.75, 3.05) is 39.4 Å². The third-order valence-electron chi connectivity index (χ3n) is 2.56. The van der Waals surface area contributed by atoms with Crippen LogP contribution >= 0.6 is 0 Å². The maximum Gasteiger partial charge on any atom is 0.359 e. The van der Waals surface area contributed by atoms with Crippen LogP contribution in [0.15, 0.2) is 0 Å². The molecule has 1 aliphatic heterocycles. The van der Waals surface area contributed by atoms with Crippen LogP contribution in [0.2, 0.25) is 0 Å². The zero-order valence-corrected chi connectivity index (χ0v) is 7.45. The van der Waals surface area contributed by atoms with Crippen molar-refractivity contribution in [2.24, 2.45) is 0 Å². The topological polar surface area (TPSA) is 46.5 Å². The number of carboxylic acids is 1. The molecule has 1 fully saturated rings. The number of likely N-dealkylation sites (N-methyl/N-ethyl adjacent to an activating group) is 1. The van der Waals surface area contributed by atoms with Gasteiger partial charge in [-0.15, -0.1) is 0 Å². The van der Waals surface area contributed by atoms with E-state index in [4.69, 9.17) is 9.84 Å². The van der Waals surface area contributed by atoms with Crippen molar-refractivity contribution in [3.63, 3.8) is 0 Å². The molecule has 1 aliphatic rings. The lowest BCUT2D eigenvalue weighted by Gasteiger charge is -2.38. The van der Waals surface area contributed by atoms with E-state index >= 15 is 0 Å². The van der Waals surface area contributed by atoms with Crippen LogP contribution in [0.4, 0.5) is 0 Å². The Bertz CT molecular complexity index is 164. The lowest BCUT2D eigenvalue weighted by molar-refractivity contribution is -0.926. The van der Waals surface area contributed by atoms with Gasteiger partial charge in [0.15, 0.2) is 6.54 Å². The van der Waals surface area contributed by atoms with Crippen molar-refractivity contribution in [1.82, 2.24) is 0 Å². The standard InChI is InChI=1S/C8H15NO3/c1-2-9(7-8(10)11)3-5-12-6-4-9/h2-7H2,1H3/p+1. The maximum absolute atomic E-state index is 10.6. The van der Waals surface area contributed by atoms with Gasteiger partial charge in [-0.25, -0.2) is 4.79 Å². The molecule has 12 heavy (non-hydrogen) atoms. The first kappa shape index (κ1) is 9.48. The number of carboxylic acid groups (broad SMARTS) is 1. The minimum absolute atomic E-state index is 0.236. The van der Waals surface area contributed by atoms with E-state index in [9.17, 15) is 4.79 Å². The number of carbonyl (C=O) groups is 1. The summed E-state index contributed by atoms with van der Waals surface area (Å²) in [6, 6.07) is 0. The Morgan fingerprint density at radius 1 is 1.50 bits per heavy atom. The summed E-state index contributed by atoms with van der Waals surface area (Å²) < 4.78 is 5.88. The zero-order valence-electron chi connectivity index (χ0n) is 7.45. The van der Waals surface area contributed by atoms with Gasteiger partial charge >= 0.3 is 5.97 Å². The number of aliphatic carboxylic acids is 1. The first-order valence-electron chi connectivity index (χ1n) is 4.33. The number of hydrogen-bond donors (Lipinski definition) is 1. The number of ether oxygens (including phenoxy) is 1. The van der Waals surface area contributed by atoms with Gasteiger partial charge in [0.1, 0.15) is 13.1 Å². The Hall–Kier alpha value is -0.610. The van der Waals surface area contributed by atoms with Crippen molar-refractivity contribution < 1.29 is 19.1 Å². The highest BCUT2D eigenvalue weighted by Crippen LogP contribution is 2.10. The summed E-state index contributed by atoms with van der Waals surface area (Å²) in [5, 5.41) is 8.71. The molecular formula is C8H16NO3+. The van der Waals surface area contributed by atoms with Crippen molar-refractivity contribution in [3.8, 4) is 0 Å². The van der Waals surface area contributed by atoms with Crippen LogP contribution in [0, 0.1) is 0 Å². The van der Waals surface area contributed by atoms with Gasteiger partial charge in [-0.1, -0.05) is 0 Å². The molecule has 0 spiro atoms. The molecule has 4 nitrogen and oxygen atoms in total. The second kappa shape index (κ2) is 3.87. The van der Waals surface area contributed by atoms with Gasteiger partial charge in [0.05, 0.1) is 19.8 Å². The smallest absolute Gasteiger partial charge is 0.359 e. The van der Waals surface area contributed by atoms with Crippen molar-refractivity contribution in [3.05, 3.63) is 0 Å². The summed E-state index contributed by atoms with van der Waals surface area (Å²) in [6.07, 6.45) is 0. The molecule has 1 saturated heterocycles. The maximum atomic E-state index is 10.6. The fourth-order valence-corrected chi connectivity index (χ4v) is 1.60. The van der Waals surface area contributed by atoms with E-state index in [-0.39, 0.29) is 6.54 Å². The van der Waals surface area contributed by atoms with Gasteiger partial charge in [-0.05, 0) is 6.92 Å². The molecule has 70 valence electrons. The van der Waals surface area contributed by atoms with Crippen LogP contribution in [0.1, 0.15) is 6.92 Å². The molecule has 4 heteroatoms. The highest BCUT2D eigenvalue weighted by atomic mass is 16.5. The Kier molecular flexibility index (Phi) is 3.05. The minimum Gasteiger partial charge on any atom is -0.477 e. The predicted molar refractivity (Wildman–Crippen MR) is 43.9 cm³/mol. The van der Waals surface area contributed by atoms with E-state index < -0.39 is 5.97 Å². The lowest BCUT2D eigenvalue weighted by atomic mass is 10.3. The predicted octanol–water partition coefficient (Wildman–Crippen LogP) is -0.0621. The summed E-state index contributed by atoms with van der Waals surface area (Å²) in [5.41, 5.74) is 0. The Morgan fingerprint density at radius 3 is 2.50 bits per heavy atom. The molecular weight excluding hydrogens is 158 g/mol. The SMILES string of the molecule is CC[N+]1(CC(=O)O)CCOCC1. The molecule has 0 aromatic heterocycles.